The van der Waals surface area contributed by atoms with Crippen molar-refractivity contribution in [1.82, 2.24) is 9.55 Å². The third-order valence-electron chi connectivity index (χ3n) is 3.53. The molecule has 0 saturated carbocycles. The van der Waals surface area contributed by atoms with E-state index in [-0.39, 0.29) is 21.1 Å². The Morgan fingerprint density at radius 2 is 1.63 bits per heavy atom. The van der Waals surface area contributed by atoms with Crippen molar-refractivity contribution in [2.45, 2.75) is 0 Å². The molecular formula is C21H15N3O2Pt-2. The minimum atomic E-state index is 0. The monoisotopic (exact) mass is 536 g/mol. The van der Waals surface area contributed by atoms with Crippen LogP contribution < -0.4 is 14.0 Å². The van der Waals surface area contributed by atoms with Gasteiger partial charge in [-0.2, -0.15) is 18.2 Å². The number of aryl methyl sites for hydroxylation is 1. The standard InChI is InChI=1S/C21H15N3O2.Pt/c1-23-12-13-24(16-23)17-6-4-7-18(14-17)25-19-8-5-9-20(15-19)26-21-10-2-3-11-22-21;/h2-13H,1H3;/q-2;. The first-order valence-electron chi connectivity index (χ1n) is 8.04. The van der Waals surface area contributed by atoms with Gasteiger partial charge in [-0.15, -0.1) is 24.3 Å². The first-order valence-corrected chi connectivity index (χ1v) is 8.04. The maximum Gasteiger partial charge on any atom is 0.241 e. The van der Waals surface area contributed by atoms with E-state index in [9.17, 15) is 0 Å². The molecule has 0 aliphatic heterocycles. The van der Waals surface area contributed by atoms with Crippen LogP contribution >= 0.6 is 0 Å². The van der Waals surface area contributed by atoms with Crippen LogP contribution in [-0.4, -0.2) is 9.55 Å². The van der Waals surface area contributed by atoms with Crippen molar-refractivity contribution in [1.29, 1.82) is 0 Å². The number of imidazole rings is 1. The van der Waals surface area contributed by atoms with Gasteiger partial charge in [-0.1, -0.05) is 17.8 Å². The molecule has 4 aromatic rings. The molecule has 0 aliphatic carbocycles. The van der Waals surface area contributed by atoms with Crippen molar-refractivity contribution in [3.63, 3.8) is 0 Å². The molecule has 138 valence electrons. The normalized spacial score (nSPS) is 10.1. The number of hydrogen-bond donors (Lipinski definition) is 0. The Balaban J connectivity index is 0.00000210. The van der Waals surface area contributed by atoms with E-state index in [0.29, 0.717) is 23.1 Å². The summed E-state index contributed by atoms with van der Waals surface area (Å²) in [6.45, 7) is 0. The molecule has 5 nitrogen and oxygen atoms in total. The fraction of sp³-hybridized carbons (Fsp3) is 0.0476. The van der Waals surface area contributed by atoms with Gasteiger partial charge in [-0.05, 0) is 6.07 Å². The number of benzene rings is 2. The van der Waals surface area contributed by atoms with Crippen LogP contribution in [0.2, 0.25) is 0 Å². The van der Waals surface area contributed by atoms with E-state index in [0.717, 1.165) is 5.69 Å². The molecule has 6 heteroatoms. The zero-order valence-corrected chi connectivity index (χ0v) is 16.7. The number of nitrogens with zero attached hydrogens (tertiary/aromatic N) is 3. The first kappa shape index (κ1) is 18.9. The zero-order chi connectivity index (χ0) is 17.8. The molecule has 27 heavy (non-hydrogen) atoms. The summed E-state index contributed by atoms with van der Waals surface area (Å²) in [5.74, 6) is 2.15. The van der Waals surface area contributed by atoms with Gasteiger partial charge in [-0.3, -0.25) is 0 Å². The number of rotatable bonds is 5. The Bertz CT molecular complexity index is 1020. The van der Waals surface area contributed by atoms with Crippen molar-refractivity contribution >= 4 is 0 Å². The minimum absolute atomic E-state index is 0. The first-order chi connectivity index (χ1) is 12.8. The molecule has 2 heterocycles. The van der Waals surface area contributed by atoms with E-state index < -0.39 is 0 Å². The van der Waals surface area contributed by atoms with Gasteiger partial charge in [0.05, 0.1) is 7.05 Å². The SMILES string of the molecule is C[n+]1[c-]n(-c2[c-]c(Oc3[c-]c(Oc4ccccn4)ccc3)ccc2)cc1.[Pt]. The summed E-state index contributed by atoms with van der Waals surface area (Å²) in [4.78, 5) is 4.14. The molecule has 0 N–H and O–H groups in total. The average molecular weight is 536 g/mol. The van der Waals surface area contributed by atoms with E-state index in [2.05, 4.69) is 23.4 Å². The Morgan fingerprint density at radius 1 is 0.889 bits per heavy atom. The van der Waals surface area contributed by atoms with Crippen LogP contribution in [0.15, 0.2) is 73.2 Å². The molecule has 4 rings (SSSR count). The third-order valence-corrected chi connectivity index (χ3v) is 3.53. The van der Waals surface area contributed by atoms with Crippen LogP contribution in [0, 0.1) is 18.5 Å². The average Bonchev–Trinajstić information content (AvgIpc) is 3.10. The molecule has 2 aromatic heterocycles. The quantitative estimate of drug-likeness (QED) is 0.289. The number of ether oxygens (including phenoxy) is 2. The number of aromatic nitrogens is 3. The Morgan fingerprint density at radius 3 is 2.33 bits per heavy atom. The van der Waals surface area contributed by atoms with Gasteiger partial charge in [0.15, 0.2) is 0 Å². The summed E-state index contributed by atoms with van der Waals surface area (Å²) in [6, 6.07) is 22.9. The second-order valence-corrected chi connectivity index (χ2v) is 5.53. The van der Waals surface area contributed by atoms with E-state index in [1.165, 1.54) is 0 Å². The second kappa shape index (κ2) is 8.65. The van der Waals surface area contributed by atoms with Crippen molar-refractivity contribution < 1.29 is 35.1 Å². The predicted octanol–water partition coefficient (Wildman–Crippen LogP) is 3.68. The van der Waals surface area contributed by atoms with Gasteiger partial charge in [0, 0.05) is 63.0 Å². The third kappa shape index (κ3) is 4.83. The largest absolute Gasteiger partial charge is 0.510 e. The molecule has 0 unspecified atom stereocenters. The van der Waals surface area contributed by atoms with Crippen LogP contribution in [0.3, 0.4) is 0 Å². The predicted molar refractivity (Wildman–Crippen MR) is 94.3 cm³/mol. The van der Waals surface area contributed by atoms with Gasteiger partial charge in [-0.25, -0.2) is 4.98 Å². The molecule has 2 aromatic carbocycles. The van der Waals surface area contributed by atoms with E-state index in [4.69, 9.17) is 9.47 Å². The van der Waals surface area contributed by atoms with Crippen molar-refractivity contribution in [3.05, 3.63) is 91.6 Å². The Labute approximate surface area is 172 Å². The van der Waals surface area contributed by atoms with Crippen LogP contribution in [-0.2, 0) is 28.1 Å². The van der Waals surface area contributed by atoms with E-state index >= 15 is 0 Å². The maximum absolute atomic E-state index is 5.88. The molecule has 0 radical (unpaired) electrons. The molecule has 0 spiro atoms. The van der Waals surface area contributed by atoms with Gasteiger partial charge in [0.25, 0.3) is 0 Å². The molecule has 0 fully saturated rings. The molecule has 0 bridgehead atoms. The molecule has 0 atom stereocenters. The summed E-state index contributed by atoms with van der Waals surface area (Å²) in [5, 5.41) is 0. The molecular weight excluding hydrogens is 521 g/mol. The van der Waals surface area contributed by atoms with Gasteiger partial charge in [0.1, 0.15) is 0 Å². The van der Waals surface area contributed by atoms with Crippen molar-refractivity contribution in [2.75, 3.05) is 0 Å². The smallest absolute Gasteiger partial charge is 0.241 e. The van der Waals surface area contributed by atoms with E-state index in [1.54, 1.807) is 18.3 Å². The molecule has 0 saturated heterocycles. The summed E-state index contributed by atoms with van der Waals surface area (Å²) in [6.07, 6.45) is 8.62. The van der Waals surface area contributed by atoms with Gasteiger partial charge >= 0.3 is 0 Å². The van der Waals surface area contributed by atoms with Crippen molar-refractivity contribution in [2.24, 2.45) is 7.05 Å². The van der Waals surface area contributed by atoms with Crippen LogP contribution in [0.4, 0.5) is 0 Å². The Kier molecular flexibility index (Phi) is 6.04. The number of pyridine rings is 1. The zero-order valence-electron chi connectivity index (χ0n) is 14.4. The van der Waals surface area contributed by atoms with Crippen LogP contribution in [0.5, 0.6) is 23.1 Å². The fourth-order valence-corrected chi connectivity index (χ4v) is 2.36. The van der Waals surface area contributed by atoms with Gasteiger partial charge in [0.2, 0.25) is 12.2 Å². The fourth-order valence-electron chi connectivity index (χ4n) is 2.36. The minimum Gasteiger partial charge on any atom is -0.510 e. The van der Waals surface area contributed by atoms with Crippen molar-refractivity contribution in [3.8, 4) is 28.8 Å². The van der Waals surface area contributed by atoms with Gasteiger partial charge < -0.3 is 18.6 Å². The van der Waals surface area contributed by atoms with E-state index in [1.807, 2.05) is 71.0 Å². The molecule has 0 amide bonds. The van der Waals surface area contributed by atoms with Crippen LogP contribution in [0.25, 0.3) is 5.69 Å². The molecule has 0 aliphatic rings. The van der Waals surface area contributed by atoms with Crippen LogP contribution in [0.1, 0.15) is 0 Å². The topological polar surface area (TPSA) is 40.2 Å². The summed E-state index contributed by atoms with van der Waals surface area (Å²) < 4.78 is 15.2. The summed E-state index contributed by atoms with van der Waals surface area (Å²) >= 11 is 0. The maximum atomic E-state index is 5.88. The number of hydrogen-bond acceptors (Lipinski definition) is 3. The summed E-state index contributed by atoms with van der Waals surface area (Å²) in [5.41, 5.74) is 0.837. The summed E-state index contributed by atoms with van der Waals surface area (Å²) in [7, 11) is 1.92. The second-order valence-electron chi connectivity index (χ2n) is 5.53. The Hall–Kier alpha value is -2.91.